The molecule has 0 radical (unpaired) electrons. The Kier molecular flexibility index (Phi) is 6.50. The SMILES string of the molecule is CC(C)(C)[Si](C)(C)OC[C@H]1CCN([C@@H](CO)c2ccccc2)[C@H]1c1ccco1. The first-order valence-electron chi connectivity index (χ1n) is 10.3. The van der Waals surface area contributed by atoms with Crippen LogP contribution in [-0.2, 0) is 4.43 Å². The lowest BCUT2D eigenvalue weighted by atomic mass is 9.97. The molecule has 0 bridgehead atoms. The minimum Gasteiger partial charge on any atom is -0.468 e. The van der Waals surface area contributed by atoms with Crippen molar-refractivity contribution in [1.82, 2.24) is 4.90 Å². The van der Waals surface area contributed by atoms with Crippen LogP contribution in [0, 0.1) is 5.92 Å². The fourth-order valence-electron chi connectivity index (χ4n) is 3.87. The van der Waals surface area contributed by atoms with E-state index in [-0.39, 0.29) is 23.7 Å². The quantitative estimate of drug-likeness (QED) is 0.631. The third-order valence-electron chi connectivity index (χ3n) is 6.62. The molecule has 2 heterocycles. The Morgan fingerprint density at radius 3 is 2.46 bits per heavy atom. The average molecular weight is 402 g/mol. The van der Waals surface area contributed by atoms with Crippen LogP contribution in [0.15, 0.2) is 53.1 Å². The first kappa shape index (κ1) is 21.3. The van der Waals surface area contributed by atoms with Crippen LogP contribution in [0.3, 0.4) is 0 Å². The molecule has 28 heavy (non-hydrogen) atoms. The fourth-order valence-corrected chi connectivity index (χ4v) is 4.93. The number of nitrogens with zero attached hydrogens (tertiary/aromatic N) is 1. The van der Waals surface area contributed by atoms with Gasteiger partial charge in [0, 0.05) is 19.1 Å². The molecule has 1 N–H and O–H groups in total. The molecule has 4 nitrogen and oxygen atoms in total. The largest absolute Gasteiger partial charge is 0.468 e. The Morgan fingerprint density at radius 1 is 1.18 bits per heavy atom. The number of rotatable bonds is 7. The van der Waals surface area contributed by atoms with Gasteiger partial charge in [-0.3, -0.25) is 4.90 Å². The molecule has 0 spiro atoms. The number of furan rings is 1. The number of aliphatic hydroxyl groups is 1. The van der Waals surface area contributed by atoms with Crippen molar-refractivity contribution in [2.45, 2.75) is 57.4 Å². The second kappa shape index (κ2) is 8.53. The van der Waals surface area contributed by atoms with Crippen molar-refractivity contribution in [2.75, 3.05) is 19.8 Å². The van der Waals surface area contributed by atoms with Gasteiger partial charge in [-0.25, -0.2) is 0 Å². The van der Waals surface area contributed by atoms with Gasteiger partial charge in [0.15, 0.2) is 8.32 Å². The van der Waals surface area contributed by atoms with Gasteiger partial charge in [0.1, 0.15) is 5.76 Å². The maximum atomic E-state index is 10.2. The van der Waals surface area contributed by atoms with Gasteiger partial charge < -0.3 is 13.9 Å². The summed E-state index contributed by atoms with van der Waals surface area (Å²) in [6.45, 7) is 13.2. The van der Waals surface area contributed by atoms with E-state index in [9.17, 15) is 5.11 Å². The zero-order chi connectivity index (χ0) is 20.4. The lowest BCUT2D eigenvalue weighted by molar-refractivity contribution is 0.0795. The third-order valence-corrected chi connectivity index (χ3v) is 11.1. The average Bonchev–Trinajstić information content (AvgIpc) is 3.30. The Balaban J connectivity index is 1.83. The molecule has 5 heteroatoms. The topological polar surface area (TPSA) is 45.8 Å². The Bertz CT molecular complexity index is 724. The van der Waals surface area contributed by atoms with Gasteiger partial charge in [-0.05, 0) is 42.2 Å². The minimum absolute atomic E-state index is 0.0332. The molecular formula is C23H35NO3Si. The number of hydrogen-bond donors (Lipinski definition) is 1. The van der Waals surface area contributed by atoms with E-state index in [1.165, 1.54) is 0 Å². The number of benzene rings is 1. The summed E-state index contributed by atoms with van der Waals surface area (Å²) in [5, 5.41) is 10.4. The molecule has 3 atom stereocenters. The molecule has 1 aliphatic heterocycles. The van der Waals surface area contributed by atoms with Crippen molar-refractivity contribution < 1.29 is 13.9 Å². The molecule has 1 saturated heterocycles. The van der Waals surface area contributed by atoms with Crippen LogP contribution in [0.2, 0.25) is 18.1 Å². The van der Waals surface area contributed by atoms with Gasteiger partial charge in [0.2, 0.25) is 0 Å². The van der Waals surface area contributed by atoms with Gasteiger partial charge >= 0.3 is 0 Å². The predicted octanol–water partition coefficient (Wildman–Crippen LogP) is 5.40. The number of aliphatic hydroxyl groups excluding tert-OH is 1. The zero-order valence-corrected chi connectivity index (χ0v) is 18.9. The van der Waals surface area contributed by atoms with Crippen molar-refractivity contribution in [1.29, 1.82) is 0 Å². The highest BCUT2D eigenvalue weighted by Crippen LogP contribution is 2.44. The molecule has 0 aliphatic carbocycles. The van der Waals surface area contributed by atoms with E-state index in [1.807, 2.05) is 24.3 Å². The third kappa shape index (κ3) is 4.43. The van der Waals surface area contributed by atoms with Crippen LogP contribution >= 0.6 is 0 Å². The van der Waals surface area contributed by atoms with Crippen LogP contribution in [-0.4, -0.2) is 38.1 Å². The predicted molar refractivity (Wildman–Crippen MR) is 116 cm³/mol. The smallest absolute Gasteiger partial charge is 0.191 e. The summed E-state index contributed by atoms with van der Waals surface area (Å²) < 4.78 is 12.4. The molecule has 0 saturated carbocycles. The van der Waals surface area contributed by atoms with E-state index < -0.39 is 8.32 Å². The molecule has 0 unspecified atom stereocenters. The van der Waals surface area contributed by atoms with Crippen LogP contribution in [0.1, 0.15) is 50.6 Å². The molecule has 1 aliphatic rings. The van der Waals surface area contributed by atoms with Crippen molar-refractivity contribution >= 4 is 8.32 Å². The van der Waals surface area contributed by atoms with Crippen molar-refractivity contribution in [2.24, 2.45) is 5.92 Å². The number of likely N-dealkylation sites (tertiary alicyclic amines) is 1. The molecular weight excluding hydrogens is 366 g/mol. The van der Waals surface area contributed by atoms with Crippen LogP contribution in [0.4, 0.5) is 0 Å². The van der Waals surface area contributed by atoms with Gasteiger partial charge in [-0.1, -0.05) is 51.1 Å². The van der Waals surface area contributed by atoms with E-state index >= 15 is 0 Å². The van der Waals surface area contributed by atoms with E-state index in [4.69, 9.17) is 8.84 Å². The van der Waals surface area contributed by atoms with Gasteiger partial charge in [0.05, 0.1) is 25.0 Å². The molecule has 1 fully saturated rings. The Labute approximate surface area is 170 Å². The monoisotopic (exact) mass is 401 g/mol. The van der Waals surface area contributed by atoms with Gasteiger partial charge in [-0.2, -0.15) is 0 Å². The second-order valence-corrected chi connectivity index (χ2v) is 14.2. The highest BCUT2D eigenvalue weighted by Gasteiger charge is 2.43. The summed E-state index contributed by atoms with van der Waals surface area (Å²) >= 11 is 0. The standard InChI is InChI=1S/C23H35NO3Si/c1-23(2,3)28(4,5)27-17-19-13-14-24(22(19)21-12-9-15-26-21)20(16-25)18-10-7-6-8-11-18/h6-12,15,19-20,22,25H,13-14,16-17H2,1-5H3/t19-,20+,22-/m1/s1. The lowest BCUT2D eigenvalue weighted by Gasteiger charge is -2.38. The molecule has 1 aromatic heterocycles. The molecule has 3 rings (SSSR count). The van der Waals surface area contributed by atoms with Crippen molar-refractivity contribution in [3.05, 3.63) is 60.1 Å². The summed E-state index contributed by atoms with van der Waals surface area (Å²) in [6, 6.07) is 14.4. The molecule has 0 amide bonds. The van der Waals surface area contributed by atoms with Crippen LogP contribution in [0.5, 0.6) is 0 Å². The molecule has 2 aromatic rings. The number of hydrogen-bond acceptors (Lipinski definition) is 4. The van der Waals surface area contributed by atoms with Crippen molar-refractivity contribution in [3.63, 3.8) is 0 Å². The van der Waals surface area contributed by atoms with E-state index in [0.29, 0.717) is 5.92 Å². The van der Waals surface area contributed by atoms with Gasteiger partial charge in [-0.15, -0.1) is 0 Å². The van der Waals surface area contributed by atoms with Crippen molar-refractivity contribution in [3.8, 4) is 0 Å². The Morgan fingerprint density at radius 2 is 1.89 bits per heavy atom. The van der Waals surface area contributed by atoms with E-state index in [2.05, 4.69) is 57.0 Å². The normalized spacial score (nSPS) is 22.5. The summed E-state index contributed by atoms with van der Waals surface area (Å²) in [4.78, 5) is 2.40. The van der Waals surface area contributed by atoms with Crippen LogP contribution < -0.4 is 0 Å². The second-order valence-electron chi connectivity index (χ2n) is 9.43. The van der Waals surface area contributed by atoms with Gasteiger partial charge in [0.25, 0.3) is 0 Å². The van der Waals surface area contributed by atoms with Crippen LogP contribution in [0.25, 0.3) is 0 Å². The van der Waals surface area contributed by atoms with E-state index in [1.54, 1.807) is 6.26 Å². The zero-order valence-electron chi connectivity index (χ0n) is 17.9. The maximum absolute atomic E-state index is 10.2. The summed E-state index contributed by atoms with van der Waals surface area (Å²) in [5.74, 6) is 1.33. The highest BCUT2D eigenvalue weighted by molar-refractivity contribution is 6.74. The first-order chi connectivity index (χ1) is 13.2. The summed E-state index contributed by atoms with van der Waals surface area (Å²) in [6.07, 6.45) is 2.79. The highest BCUT2D eigenvalue weighted by atomic mass is 28.4. The Hall–Kier alpha value is -1.40. The first-order valence-corrected chi connectivity index (χ1v) is 13.2. The maximum Gasteiger partial charge on any atom is 0.191 e. The molecule has 1 aromatic carbocycles. The van der Waals surface area contributed by atoms with E-state index in [0.717, 1.165) is 30.9 Å². The minimum atomic E-state index is -1.81. The summed E-state index contributed by atoms with van der Waals surface area (Å²) in [5.41, 5.74) is 1.15. The lowest BCUT2D eigenvalue weighted by Crippen LogP contribution is -2.42. The molecule has 154 valence electrons. The fraction of sp³-hybridized carbons (Fsp3) is 0.565. The summed E-state index contributed by atoms with van der Waals surface area (Å²) in [7, 11) is -1.81.